The summed E-state index contributed by atoms with van der Waals surface area (Å²) in [6.45, 7) is 4.54. The minimum atomic E-state index is -0.493. The van der Waals surface area contributed by atoms with Crippen molar-refractivity contribution >= 4 is 11.3 Å². The van der Waals surface area contributed by atoms with Crippen LogP contribution < -0.4 is 4.74 Å². The minimum Gasteiger partial charge on any atom is -0.458 e. The van der Waals surface area contributed by atoms with Crippen molar-refractivity contribution in [2.24, 2.45) is 4.99 Å². The van der Waals surface area contributed by atoms with Gasteiger partial charge in [0, 0.05) is 16.7 Å². The van der Waals surface area contributed by atoms with Crippen molar-refractivity contribution in [1.29, 1.82) is 0 Å². The Morgan fingerprint density at radius 2 is 1.12 bits per heavy atom. The molecule has 0 radical (unpaired) electrons. The van der Waals surface area contributed by atoms with E-state index in [4.69, 9.17) is 14.1 Å². The van der Waals surface area contributed by atoms with Crippen LogP contribution >= 0.6 is 0 Å². The molecule has 1 aliphatic carbocycles. The molecule has 0 bridgehead atoms. The molecule has 0 saturated heterocycles. The molecule has 10 rings (SSSR count). The fourth-order valence-corrected chi connectivity index (χ4v) is 8.19. The normalized spacial score (nSPS) is 16.4. The number of aliphatic imine (C=N–C) groups is 1. The third-order valence-electron chi connectivity index (χ3n) is 10.4. The van der Waals surface area contributed by atoms with Crippen LogP contribution in [-0.4, -0.2) is 5.71 Å². The van der Waals surface area contributed by atoms with Gasteiger partial charge >= 0.3 is 0 Å². The predicted octanol–water partition coefficient (Wildman–Crippen LogP) is 11.6. The molecule has 1 atom stereocenters. The molecule has 0 amide bonds. The Labute approximate surface area is 291 Å². The summed E-state index contributed by atoms with van der Waals surface area (Å²) < 4.78 is 13.4. The van der Waals surface area contributed by atoms with Crippen LogP contribution in [-0.2, 0) is 5.41 Å². The van der Waals surface area contributed by atoms with Crippen molar-refractivity contribution in [1.82, 2.24) is 0 Å². The number of dihydropyridines is 1. The largest absolute Gasteiger partial charge is 0.458 e. The summed E-state index contributed by atoms with van der Waals surface area (Å²) in [6.07, 6.45) is 2.14. The Morgan fingerprint density at radius 3 is 1.84 bits per heavy atom. The lowest BCUT2D eigenvalue weighted by Gasteiger charge is -2.39. The average Bonchev–Trinajstić information content (AvgIpc) is 3.78. The van der Waals surface area contributed by atoms with Gasteiger partial charge in [-0.3, -0.25) is 4.99 Å². The first-order valence-corrected chi connectivity index (χ1v) is 17.0. The van der Waals surface area contributed by atoms with E-state index in [0.29, 0.717) is 0 Å². The number of allylic oxidation sites excluding steroid dienone is 1. The summed E-state index contributed by atoms with van der Waals surface area (Å²) in [5.74, 6) is 3.20. The van der Waals surface area contributed by atoms with Crippen LogP contribution in [0.3, 0.4) is 0 Å². The topological polar surface area (TPSA) is 34.7 Å². The molecule has 2 aliphatic heterocycles. The van der Waals surface area contributed by atoms with E-state index in [1.807, 2.05) is 42.5 Å². The molecule has 1 aromatic heterocycles. The Kier molecular flexibility index (Phi) is 6.31. The Balaban J connectivity index is 1.09. The summed E-state index contributed by atoms with van der Waals surface area (Å²) in [5, 5.41) is 0. The number of ether oxygens (including phenoxy) is 1. The lowest BCUT2D eigenvalue weighted by atomic mass is 9.66. The standard InChI is InChI=1S/C47H31NO2/c1-30-36(31-14-4-2-5-15-31)29-41(32-16-6-3-7-17-32)48-46(30)44-27-26-42(49-44)33-24-25-40-45(28-33)50-43-23-13-12-22-39(43)47(40)37-20-10-8-18-34(37)35-19-9-11-21-38(35)47/h2-29,46H,1H2. The summed E-state index contributed by atoms with van der Waals surface area (Å²) in [6, 6.07) is 56.9. The Bertz CT molecular complexity index is 2490. The quantitative estimate of drug-likeness (QED) is 0.192. The first-order valence-electron chi connectivity index (χ1n) is 17.0. The maximum Gasteiger partial charge on any atom is 0.134 e. The van der Waals surface area contributed by atoms with Gasteiger partial charge in [0.2, 0.25) is 0 Å². The first kappa shape index (κ1) is 28.6. The van der Waals surface area contributed by atoms with Gasteiger partial charge in [-0.25, -0.2) is 0 Å². The number of hydrogen-bond donors (Lipinski definition) is 0. The van der Waals surface area contributed by atoms with Crippen molar-refractivity contribution in [3.8, 4) is 33.9 Å². The first-order chi connectivity index (χ1) is 24.7. The Hall–Kier alpha value is -6.45. The average molecular weight is 642 g/mol. The molecule has 3 heteroatoms. The highest BCUT2D eigenvalue weighted by Crippen LogP contribution is 2.62. The van der Waals surface area contributed by atoms with Crippen molar-refractivity contribution in [3.63, 3.8) is 0 Å². The maximum absolute atomic E-state index is 6.74. The van der Waals surface area contributed by atoms with Crippen LogP contribution in [0.15, 0.2) is 191 Å². The third-order valence-corrected chi connectivity index (χ3v) is 10.4. The van der Waals surface area contributed by atoms with Gasteiger partial charge in [0.05, 0.1) is 11.1 Å². The number of para-hydroxylation sites is 1. The van der Waals surface area contributed by atoms with E-state index in [0.717, 1.165) is 67.7 Å². The van der Waals surface area contributed by atoms with Crippen molar-refractivity contribution in [2.45, 2.75) is 11.5 Å². The molecule has 3 nitrogen and oxygen atoms in total. The molecular formula is C47H31NO2. The fraction of sp³-hybridized carbons (Fsp3) is 0.0426. The van der Waals surface area contributed by atoms with Crippen LogP contribution in [0.2, 0.25) is 0 Å². The second-order valence-corrected chi connectivity index (χ2v) is 13.1. The number of rotatable bonds is 4. The molecule has 3 heterocycles. The van der Waals surface area contributed by atoms with Crippen LogP contribution in [0.5, 0.6) is 11.5 Å². The van der Waals surface area contributed by atoms with E-state index in [9.17, 15) is 0 Å². The van der Waals surface area contributed by atoms with Crippen LogP contribution in [0.1, 0.15) is 45.2 Å². The number of nitrogens with zero attached hydrogens (tertiary/aromatic N) is 1. The number of benzene rings is 6. The van der Waals surface area contributed by atoms with Gasteiger partial charge < -0.3 is 9.15 Å². The lowest BCUT2D eigenvalue weighted by molar-refractivity contribution is 0.436. The number of fused-ring (bicyclic) bond motifs is 9. The SMILES string of the molecule is C=C1C(c2ccccc2)=CC(c2ccccc2)=NC1c1ccc(-c2ccc3c(c2)Oc2ccccc2C32c3ccccc3-c3ccccc32)o1. The fourth-order valence-electron chi connectivity index (χ4n) is 8.19. The third kappa shape index (κ3) is 4.13. The van der Waals surface area contributed by atoms with Gasteiger partial charge in [-0.05, 0) is 74.9 Å². The van der Waals surface area contributed by atoms with Gasteiger partial charge in [0.15, 0.2) is 0 Å². The van der Waals surface area contributed by atoms with E-state index < -0.39 is 5.41 Å². The Morgan fingerprint density at radius 1 is 0.520 bits per heavy atom. The second kappa shape index (κ2) is 11.0. The van der Waals surface area contributed by atoms with Crippen molar-refractivity contribution < 1.29 is 9.15 Å². The maximum atomic E-state index is 6.74. The van der Waals surface area contributed by atoms with E-state index >= 15 is 0 Å². The molecule has 236 valence electrons. The molecule has 0 N–H and O–H groups in total. The van der Waals surface area contributed by atoms with Crippen LogP contribution in [0, 0.1) is 0 Å². The van der Waals surface area contributed by atoms with Gasteiger partial charge in [-0.15, -0.1) is 0 Å². The molecule has 0 saturated carbocycles. The van der Waals surface area contributed by atoms with E-state index in [-0.39, 0.29) is 6.04 Å². The zero-order valence-electron chi connectivity index (χ0n) is 27.2. The van der Waals surface area contributed by atoms with E-state index in [2.05, 4.69) is 134 Å². The van der Waals surface area contributed by atoms with Gasteiger partial charge in [-0.1, -0.05) is 146 Å². The molecule has 1 unspecified atom stereocenters. The minimum absolute atomic E-state index is 0.366. The van der Waals surface area contributed by atoms with Gasteiger partial charge in [0.25, 0.3) is 0 Å². The highest BCUT2D eigenvalue weighted by Gasteiger charge is 2.50. The number of hydrogen-bond acceptors (Lipinski definition) is 3. The second-order valence-electron chi connectivity index (χ2n) is 13.1. The lowest BCUT2D eigenvalue weighted by Crippen LogP contribution is -2.32. The van der Waals surface area contributed by atoms with Crippen molar-refractivity contribution in [2.75, 3.05) is 0 Å². The molecule has 3 aliphatic rings. The monoisotopic (exact) mass is 641 g/mol. The highest BCUT2D eigenvalue weighted by atomic mass is 16.5. The zero-order chi connectivity index (χ0) is 33.2. The summed E-state index contributed by atoms with van der Waals surface area (Å²) in [4.78, 5) is 5.19. The van der Waals surface area contributed by atoms with E-state index in [1.54, 1.807) is 0 Å². The smallest absolute Gasteiger partial charge is 0.134 e. The van der Waals surface area contributed by atoms with Crippen LogP contribution in [0.4, 0.5) is 0 Å². The summed E-state index contributed by atoms with van der Waals surface area (Å²) in [7, 11) is 0. The molecule has 0 fully saturated rings. The predicted molar refractivity (Wildman–Crippen MR) is 201 cm³/mol. The highest BCUT2D eigenvalue weighted by molar-refractivity contribution is 6.15. The van der Waals surface area contributed by atoms with E-state index in [1.165, 1.54) is 22.3 Å². The van der Waals surface area contributed by atoms with Gasteiger partial charge in [-0.2, -0.15) is 0 Å². The zero-order valence-corrected chi connectivity index (χ0v) is 27.2. The molecule has 1 spiro atoms. The van der Waals surface area contributed by atoms with Crippen LogP contribution in [0.25, 0.3) is 28.0 Å². The van der Waals surface area contributed by atoms with Crippen molar-refractivity contribution in [3.05, 3.63) is 221 Å². The summed E-state index contributed by atoms with van der Waals surface area (Å²) >= 11 is 0. The summed E-state index contributed by atoms with van der Waals surface area (Å²) in [5.41, 5.74) is 12.8. The number of furan rings is 1. The molecule has 7 aromatic rings. The molecule has 6 aromatic carbocycles. The molecule has 50 heavy (non-hydrogen) atoms. The van der Waals surface area contributed by atoms with Gasteiger partial charge in [0.1, 0.15) is 29.1 Å². The molecular weight excluding hydrogens is 611 g/mol.